The van der Waals surface area contributed by atoms with Crippen molar-refractivity contribution in [3.63, 3.8) is 0 Å². The number of hydrogen-bond acceptors (Lipinski definition) is 1. The van der Waals surface area contributed by atoms with Crippen molar-refractivity contribution in [2.75, 3.05) is 11.9 Å². The number of guanidine groups is 1. The first kappa shape index (κ1) is 16.1. The molecule has 0 unspecified atom stereocenters. The Hall–Kier alpha value is -0.780. The monoisotopic (exact) mass is 411 g/mol. The van der Waals surface area contributed by atoms with Crippen LogP contribution in [0.5, 0.6) is 0 Å². The lowest BCUT2D eigenvalue weighted by molar-refractivity contribution is 0.454. The van der Waals surface area contributed by atoms with Crippen LogP contribution in [-0.4, -0.2) is 12.5 Å². The van der Waals surface area contributed by atoms with E-state index in [1.807, 2.05) is 0 Å². The molecule has 4 rings (SSSR count). The summed E-state index contributed by atoms with van der Waals surface area (Å²) in [7, 11) is 0. The van der Waals surface area contributed by atoms with Gasteiger partial charge in [-0.15, -0.1) is 24.0 Å². The van der Waals surface area contributed by atoms with E-state index >= 15 is 0 Å². The maximum Gasteiger partial charge on any atom is 0.193 e. The molecule has 0 heterocycles. The second kappa shape index (κ2) is 6.38. The number of halogens is 1. The van der Waals surface area contributed by atoms with Crippen molar-refractivity contribution in [3.8, 4) is 0 Å². The molecule has 3 nitrogen and oxygen atoms in total. The van der Waals surface area contributed by atoms with Crippen molar-refractivity contribution in [1.82, 2.24) is 0 Å². The Kier molecular flexibility index (Phi) is 4.67. The molecule has 0 saturated heterocycles. The number of fused-ring (bicyclic) bond motifs is 1. The summed E-state index contributed by atoms with van der Waals surface area (Å²) in [4.78, 5) is 4.65. The Morgan fingerprint density at radius 3 is 2.73 bits per heavy atom. The van der Waals surface area contributed by atoms with Crippen LogP contribution in [0.2, 0.25) is 0 Å². The van der Waals surface area contributed by atoms with Crippen molar-refractivity contribution in [1.29, 1.82) is 0 Å². The van der Waals surface area contributed by atoms with Gasteiger partial charge in [-0.25, -0.2) is 0 Å². The molecule has 1 aromatic carbocycles. The highest BCUT2D eigenvalue weighted by Gasteiger charge is 2.53. The minimum Gasteiger partial charge on any atom is -0.370 e. The zero-order valence-corrected chi connectivity index (χ0v) is 15.4. The molecule has 0 bridgehead atoms. The Bertz CT molecular complexity index is 574. The molecule has 0 radical (unpaired) electrons. The zero-order valence-electron chi connectivity index (χ0n) is 13.1. The van der Waals surface area contributed by atoms with Gasteiger partial charge in [-0.1, -0.05) is 12.1 Å². The maximum absolute atomic E-state index is 6.13. The van der Waals surface area contributed by atoms with E-state index in [2.05, 4.69) is 28.5 Å². The summed E-state index contributed by atoms with van der Waals surface area (Å²) in [6, 6.07) is 6.52. The summed E-state index contributed by atoms with van der Waals surface area (Å²) in [5, 5.41) is 3.36. The fourth-order valence-corrected chi connectivity index (χ4v) is 3.87. The molecule has 3 aliphatic carbocycles. The molecule has 4 heteroatoms. The summed E-state index contributed by atoms with van der Waals surface area (Å²) >= 11 is 0. The molecule has 2 saturated carbocycles. The largest absolute Gasteiger partial charge is 0.370 e. The molecule has 0 spiro atoms. The van der Waals surface area contributed by atoms with Crippen LogP contribution in [0.4, 0.5) is 5.69 Å². The van der Waals surface area contributed by atoms with Gasteiger partial charge in [0, 0.05) is 12.2 Å². The predicted molar refractivity (Wildman–Crippen MR) is 103 cm³/mol. The van der Waals surface area contributed by atoms with Crippen LogP contribution in [0.15, 0.2) is 23.2 Å². The van der Waals surface area contributed by atoms with Gasteiger partial charge in [-0.05, 0) is 79.9 Å². The molecule has 1 aromatic rings. The highest BCUT2D eigenvalue weighted by molar-refractivity contribution is 14.0. The molecule has 0 aromatic heterocycles. The van der Waals surface area contributed by atoms with E-state index < -0.39 is 0 Å². The Labute approximate surface area is 150 Å². The summed E-state index contributed by atoms with van der Waals surface area (Å²) < 4.78 is 0. The number of anilines is 1. The number of hydrogen-bond donors (Lipinski definition) is 2. The second-order valence-electron chi connectivity index (χ2n) is 7.11. The molecule has 3 aliphatic rings. The summed E-state index contributed by atoms with van der Waals surface area (Å²) in [5.41, 5.74) is 10.8. The first-order chi connectivity index (χ1) is 10.3. The molecule has 120 valence electrons. The third-order valence-electron chi connectivity index (χ3n) is 5.56. The highest BCUT2D eigenvalue weighted by Crippen LogP contribution is 2.61. The fourth-order valence-electron chi connectivity index (χ4n) is 3.87. The lowest BCUT2D eigenvalue weighted by Gasteiger charge is -2.20. The van der Waals surface area contributed by atoms with Gasteiger partial charge in [0.1, 0.15) is 0 Å². The van der Waals surface area contributed by atoms with Gasteiger partial charge in [0.15, 0.2) is 5.96 Å². The van der Waals surface area contributed by atoms with Crippen molar-refractivity contribution >= 4 is 35.6 Å². The standard InChI is InChI=1S/C18H25N3.HI/c19-17(20-12-18(10-11-18)14-8-9-14)21-16-7-3-5-13-4-1-2-6-15(13)16;/h3,5,7,14H,1-2,4,6,8-12H2,(H3,19,20,21);1H. The van der Waals surface area contributed by atoms with Gasteiger partial charge < -0.3 is 11.1 Å². The normalized spacial score (nSPS) is 22.5. The summed E-state index contributed by atoms with van der Waals surface area (Å²) in [6.07, 6.45) is 10.5. The third kappa shape index (κ3) is 3.26. The molecule has 3 N–H and O–H groups in total. The van der Waals surface area contributed by atoms with Crippen LogP contribution in [-0.2, 0) is 12.8 Å². The predicted octanol–water partition coefficient (Wildman–Crippen LogP) is 4.10. The van der Waals surface area contributed by atoms with E-state index in [0.717, 1.165) is 18.9 Å². The average molecular weight is 411 g/mol. The Morgan fingerprint density at radius 2 is 2.00 bits per heavy atom. The maximum atomic E-state index is 6.13. The van der Waals surface area contributed by atoms with Gasteiger partial charge in [-0.2, -0.15) is 0 Å². The van der Waals surface area contributed by atoms with E-state index in [-0.39, 0.29) is 24.0 Å². The van der Waals surface area contributed by atoms with Gasteiger partial charge in [-0.3, -0.25) is 4.99 Å². The number of benzene rings is 1. The lowest BCUT2D eigenvalue weighted by Crippen LogP contribution is -2.25. The number of nitrogens with zero attached hydrogens (tertiary/aromatic N) is 1. The lowest BCUT2D eigenvalue weighted by atomic mass is 9.90. The van der Waals surface area contributed by atoms with Crippen LogP contribution < -0.4 is 11.1 Å². The van der Waals surface area contributed by atoms with E-state index in [1.165, 1.54) is 61.8 Å². The zero-order chi connectivity index (χ0) is 14.3. The van der Waals surface area contributed by atoms with Gasteiger partial charge >= 0.3 is 0 Å². The topological polar surface area (TPSA) is 50.4 Å². The highest BCUT2D eigenvalue weighted by atomic mass is 127. The first-order valence-corrected chi connectivity index (χ1v) is 8.45. The number of aliphatic imine (C=N–C) groups is 1. The summed E-state index contributed by atoms with van der Waals surface area (Å²) in [6.45, 7) is 0.922. The van der Waals surface area contributed by atoms with Crippen molar-refractivity contribution in [2.45, 2.75) is 51.4 Å². The molecule has 22 heavy (non-hydrogen) atoms. The van der Waals surface area contributed by atoms with Crippen molar-refractivity contribution in [3.05, 3.63) is 29.3 Å². The molecule has 0 amide bonds. The number of aryl methyl sites for hydroxylation is 1. The quantitative estimate of drug-likeness (QED) is 0.445. The Balaban J connectivity index is 0.00000144. The Morgan fingerprint density at radius 1 is 1.23 bits per heavy atom. The van der Waals surface area contributed by atoms with Crippen LogP contribution in [0.25, 0.3) is 0 Å². The molecular weight excluding hydrogens is 385 g/mol. The SMILES string of the molecule is I.NC(=NCC1(C2CC2)CC1)Nc1cccc2c1CCCC2. The average Bonchev–Trinajstić information content (AvgIpc) is 3.38. The minimum absolute atomic E-state index is 0. The minimum atomic E-state index is 0. The number of nitrogens with one attached hydrogen (secondary N) is 1. The molecule has 2 fully saturated rings. The van der Waals surface area contributed by atoms with E-state index in [1.54, 1.807) is 0 Å². The van der Waals surface area contributed by atoms with E-state index in [9.17, 15) is 0 Å². The van der Waals surface area contributed by atoms with Crippen molar-refractivity contribution in [2.24, 2.45) is 22.1 Å². The van der Waals surface area contributed by atoms with Crippen LogP contribution >= 0.6 is 24.0 Å². The van der Waals surface area contributed by atoms with Gasteiger partial charge in [0.2, 0.25) is 0 Å². The van der Waals surface area contributed by atoms with Crippen LogP contribution in [0.1, 0.15) is 49.7 Å². The van der Waals surface area contributed by atoms with Crippen molar-refractivity contribution < 1.29 is 0 Å². The third-order valence-corrected chi connectivity index (χ3v) is 5.56. The smallest absolute Gasteiger partial charge is 0.193 e. The van der Waals surface area contributed by atoms with Crippen LogP contribution in [0.3, 0.4) is 0 Å². The molecule has 0 atom stereocenters. The number of nitrogens with two attached hydrogens (primary N) is 1. The number of rotatable bonds is 4. The summed E-state index contributed by atoms with van der Waals surface area (Å²) in [5.74, 6) is 1.54. The van der Waals surface area contributed by atoms with Gasteiger partial charge in [0.05, 0.1) is 0 Å². The molecular formula is C18H26IN3. The van der Waals surface area contributed by atoms with E-state index in [4.69, 9.17) is 5.73 Å². The fraction of sp³-hybridized carbons (Fsp3) is 0.611. The second-order valence-corrected chi connectivity index (χ2v) is 7.11. The molecule has 0 aliphatic heterocycles. The first-order valence-electron chi connectivity index (χ1n) is 8.45. The van der Waals surface area contributed by atoms with E-state index in [0.29, 0.717) is 11.4 Å². The van der Waals surface area contributed by atoms with Crippen LogP contribution in [0, 0.1) is 11.3 Å². The van der Waals surface area contributed by atoms with Gasteiger partial charge in [0.25, 0.3) is 0 Å².